The van der Waals surface area contributed by atoms with Gasteiger partial charge in [-0.05, 0) is 18.2 Å². The van der Waals surface area contributed by atoms with Gasteiger partial charge in [0.15, 0.2) is 11.6 Å². The summed E-state index contributed by atoms with van der Waals surface area (Å²) in [5.74, 6) is -0.625. The van der Waals surface area contributed by atoms with Gasteiger partial charge in [-0.3, -0.25) is 4.72 Å². The van der Waals surface area contributed by atoms with Gasteiger partial charge in [-0.1, -0.05) is 0 Å². The second-order valence-corrected chi connectivity index (χ2v) is 6.54. The largest absolute Gasteiger partial charge is 0.494 e. The van der Waals surface area contributed by atoms with E-state index in [4.69, 9.17) is 9.84 Å². The summed E-state index contributed by atoms with van der Waals surface area (Å²) in [6, 6.07) is 5.14. The molecule has 8 heteroatoms. The number of hydrogen-bond donors (Lipinski definition) is 2. The first-order chi connectivity index (χ1) is 9.46. The lowest BCUT2D eigenvalue weighted by Crippen LogP contribution is -2.12. The standard InChI is InChI=1S/C12H12FNO4S2/c1-18-12-3-2-8(4-11(12)13)14-20(16,17)10-5-9(6-15)19-7-10/h2-5,7,14-15H,6H2,1H3. The second-order valence-electron chi connectivity index (χ2n) is 3.86. The van der Waals surface area contributed by atoms with Crippen LogP contribution < -0.4 is 9.46 Å². The Bertz CT molecular complexity index is 712. The highest BCUT2D eigenvalue weighted by Gasteiger charge is 2.17. The summed E-state index contributed by atoms with van der Waals surface area (Å²) >= 11 is 1.13. The summed E-state index contributed by atoms with van der Waals surface area (Å²) in [4.78, 5) is 0.564. The van der Waals surface area contributed by atoms with Crippen LogP contribution in [-0.4, -0.2) is 20.6 Å². The molecule has 1 heterocycles. The third-order valence-corrected chi connectivity index (χ3v) is 4.93. The van der Waals surface area contributed by atoms with Crippen molar-refractivity contribution in [2.24, 2.45) is 0 Å². The Balaban J connectivity index is 2.26. The van der Waals surface area contributed by atoms with Crippen molar-refractivity contribution in [3.63, 3.8) is 0 Å². The van der Waals surface area contributed by atoms with Gasteiger partial charge in [0.05, 0.1) is 24.3 Å². The van der Waals surface area contributed by atoms with Gasteiger partial charge in [0.2, 0.25) is 0 Å². The fourth-order valence-corrected chi connectivity index (χ4v) is 3.71. The van der Waals surface area contributed by atoms with Crippen molar-refractivity contribution in [2.75, 3.05) is 11.8 Å². The van der Waals surface area contributed by atoms with E-state index in [-0.39, 0.29) is 22.9 Å². The average molecular weight is 317 g/mol. The Morgan fingerprint density at radius 3 is 2.70 bits per heavy atom. The monoisotopic (exact) mass is 317 g/mol. The molecule has 0 unspecified atom stereocenters. The number of methoxy groups -OCH3 is 1. The lowest BCUT2D eigenvalue weighted by atomic mass is 10.3. The zero-order valence-corrected chi connectivity index (χ0v) is 12.1. The van der Waals surface area contributed by atoms with Crippen molar-refractivity contribution < 1.29 is 22.7 Å². The topological polar surface area (TPSA) is 75.6 Å². The lowest BCUT2D eigenvalue weighted by molar-refractivity contribution is 0.285. The van der Waals surface area contributed by atoms with E-state index in [1.807, 2.05) is 0 Å². The minimum atomic E-state index is -3.80. The van der Waals surface area contributed by atoms with Gasteiger partial charge in [-0.2, -0.15) is 0 Å². The van der Waals surface area contributed by atoms with Crippen LogP contribution >= 0.6 is 11.3 Å². The van der Waals surface area contributed by atoms with Gasteiger partial charge in [0.25, 0.3) is 10.0 Å². The maximum atomic E-state index is 13.5. The van der Waals surface area contributed by atoms with E-state index in [0.717, 1.165) is 17.4 Å². The van der Waals surface area contributed by atoms with Crippen LogP contribution in [0.4, 0.5) is 10.1 Å². The summed E-state index contributed by atoms with van der Waals surface area (Å²) in [5, 5.41) is 10.3. The van der Waals surface area contributed by atoms with Crippen molar-refractivity contribution >= 4 is 27.0 Å². The summed E-state index contributed by atoms with van der Waals surface area (Å²) in [6.45, 7) is -0.225. The smallest absolute Gasteiger partial charge is 0.262 e. The lowest BCUT2D eigenvalue weighted by Gasteiger charge is -2.08. The molecule has 1 aromatic carbocycles. The van der Waals surface area contributed by atoms with Crippen molar-refractivity contribution in [1.82, 2.24) is 0 Å². The number of aliphatic hydroxyl groups is 1. The number of anilines is 1. The molecule has 5 nitrogen and oxygen atoms in total. The van der Waals surface area contributed by atoms with E-state index in [0.29, 0.717) is 4.88 Å². The Labute approximate surface area is 119 Å². The van der Waals surface area contributed by atoms with Crippen LogP contribution in [0, 0.1) is 5.82 Å². The summed E-state index contributed by atoms with van der Waals surface area (Å²) in [5.41, 5.74) is 0.0973. The molecule has 0 spiro atoms. The maximum Gasteiger partial charge on any atom is 0.262 e. The van der Waals surface area contributed by atoms with E-state index >= 15 is 0 Å². The molecule has 0 saturated heterocycles. The van der Waals surface area contributed by atoms with Crippen LogP contribution in [0.15, 0.2) is 34.5 Å². The van der Waals surface area contributed by atoms with Crippen LogP contribution in [0.1, 0.15) is 4.88 Å². The number of thiophene rings is 1. The first kappa shape index (κ1) is 14.8. The molecular weight excluding hydrogens is 305 g/mol. The molecule has 0 atom stereocenters. The number of aliphatic hydroxyl groups excluding tert-OH is 1. The minimum absolute atomic E-state index is 0.0303. The third-order valence-electron chi connectivity index (χ3n) is 2.50. The molecule has 0 radical (unpaired) electrons. The van der Waals surface area contributed by atoms with Crippen LogP contribution in [0.3, 0.4) is 0 Å². The fraction of sp³-hybridized carbons (Fsp3) is 0.167. The fourth-order valence-electron chi connectivity index (χ4n) is 1.53. The van der Waals surface area contributed by atoms with Crippen molar-refractivity contribution in [1.29, 1.82) is 0 Å². The molecule has 20 heavy (non-hydrogen) atoms. The van der Waals surface area contributed by atoms with Gasteiger partial charge in [0.1, 0.15) is 0 Å². The molecule has 2 rings (SSSR count). The summed E-state index contributed by atoms with van der Waals surface area (Å²) in [6.07, 6.45) is 0. The van der Waals surface area contributed by atoms with E-state index < -0.39 is 15.8 Å². The Morgan fingerprint density at radius 1 is 1.40 bits per heavy atom. The number of ether oxygens (including phenoxy) is 1. The molecule has 0 fully saturated rings. The number of halogens is 1. The highest BCUT2D eigenvalue weighted by molar-refractivity contribution is 7.92. The van der Waals surface area contributed by atoms with Crippen LogP contribution in [0.25, 0.3) is 0 Å². The predicted octanol–water partition coefficient (Wildman–Crippen LogP) is 2.19. The first-order valence-electron chi connectivity index (χ1n) is 5.51. The molecule has 0 bridgehead atoms. The molecule has 0 aliphatic rings. The minimum Gasteiger partial charge on any atom is -0.494 e. The molecule has 108 valence electrons. The van der Waals surface area contributed by atoms with Crippen LogP contribution in [0.5, 0.6) is 5.75 Å². The van der Waals surface area contributed by atoms with Gasteiger partial charge >= 0.3 is 0 Å². The quantitative estimate of drug-likeness (QED) is 0.886. The van der Waals surface area contributed by atoms with Crippen molar-refractivity contribution in [3.05, 3.63) is 40.3 Å². The third kappa shape index (κ3) is 3.09. The van der Waals surface area contributed by atoms with Crippen molar-refractivity contribution in [3.8, 4) is 5.75 Å². The number of sulfonamides is 1. The molecule has 0 saturated carbocycles. The number of nitrogens with one attached hydrogen (secondary N) is 1. The zero-order chi connectivity index (χ0) is 14.8. The first-order valence-corrected chi connectivity index (χ1v) is 7.87. The molecule has 0 aliphatic heterocycles. The Hall–Kier alpha value is -1.64. The van der Waals surface area contributed by atoms with Crippen LogP contribution in [0.2, 0.25) is 0 Å². The van der Waals surface area contributed by atoms with Gasteiger partial charge < -0.3 is 9.84 Å². The van der Waals surface area contributed by atoms with Gasteiger partial charge in [-0.15, -0.1) is 11.3 Å². The summed E-state index contributed by atoms with van der Waals surface area (Å²) in [7, 11) is -2.47. The molecule has 1 aromatic heterocycles. The highest BCUT2D eigenvalue weighted by Crippen LogP contribution is 2.25. The normalized spacial score (nSPS) is 11.3. The van der Waals surface area contributed by atoms with Gasteiger partial charge in [0, 0.05) is 16.3 Å². The molecule has 2 N–H and O–H groups in total. The van der Waals surface area contributed by atoms with E-state index in [1.165, 1.54) is 30.7 Å². The SMILES string of the molecule is COc1ccc(NS(=O)(=O)c2csc(CO)c2)cc1F. The van der Waals surface area contributed by atoms with Gasteiger partial charge in [-0.25, -0.2) is 12.8 Å². The molecule has 2 aromatic rings. The number of rotatable bonds is 5. The predicted molar refractivity (Wildman–Crippen MR) is 74.0 cm³/mol. The molecular formula is C12H12FNO4S2. The number of benzene rings is 1. The zero-order valence-electron chi connectivity index (χ0n) is 10.5. The average Bonchev–Trinajstić information content (AvgIpc) is 2.88. The Kier molecular flexibility index (Phi) is 4.26. The van der Waals surface area contributed by atoms with Crippen molar-refractivity contribution in [2.45, 2.75) is 11.5 Å². The van der Waals surface area contributed by atoms with E-state index in [9.17, 15) is 12.8 Å². The second kappa shape index (κ2) is 5.78. The summed E-state index contributed by atoms with van der Waals surface area (Å²) < 4.78 is 44.6. The molecule has 0 aliphatic carbocycles. The van der Waals surface area contributed by atoms with E-state index in [1.54, 1.807) is 0 Å². The maximum absolute atomic E-state index is 13.5. The molecule has 0 amide bonds. The Morgan fingerprint density at radius 2 is 2.15 bits per heavy atom. The number of hydrogen-bond acceptors (Lipinski definition) is 5. The van der Waals surface area contributed by atoms with Crippen LogP contribution in [-0.2, 0) is 16.6 Å². The van der Waals surface area contributed by atoms with E-state index in [2.05, 4.69) is 4.72 Å². The highest BCUT2D eigenvalue weighted by atomic mass is 32.2.